The molecule has 7 heteroatoms. The van der Waals surface area contributed by atoms with Gasteiger partial charge in [0.15, 0.2) is 5.16 Å². The van der Waals surface area contributed by atoms with Crippen LogP contribution in [-0.2, 0) is 4.79 Å². The van der Waals surface area contributed by atoms with Crippen LogP contribution in [-0.4, -0.2) is 46.5 Å². The van der Waals surface area contributed by atoms with E-state index in [9.17, 15) is 9.59 Å². The van der Waals surface area contributed by atoms with Crippen molar-refractivity contribution < 1.29 is 9.59 Å². The predicted octanol–water partition coefficient (Wildman–Crippen LogP) is 1.91. The minimum Gasteiger partial charge on any atom is -0.345 e. The Bertz CT molecular complexity index is 644. The lowest BCUT2D eigenvalue weighted by Crippen LogP contribution is -2.21. The van der Waals surface area contributed by atoms with Crippen molar-refractivity contribution in [3.63, 3.8) is 0 Å². The van der Waals surface area contributed by atoms with Gasteiger partial charge in [-0.25, -0.2) is 9.97 Å². The topological polar surface area (TPSA) is 75.2 Å². The lowest BCUT2D eigenvalue weighted by Gasteiger charge is -2.10. The molecule has 114 valence electrons. The first-order valence-electron chi connectivity index (χ1n) is 6.57. The highest BCUT2D eigenvalue weighted by Crippen LogP contribution is 2.14. The molecule has 0 unspecified atom stereocenters. The summed E-state index contributed by atoms with van der Waals surface area (Å²) in [5.41, 5.74) is 1.23. The molecule has 0 spiro atoms. The molecule has 0 bridgehead atoms. The van der Waals surface area contributed by atoms with Crippen LogP contribution in [0, 0.1) is 0 Å². The third-order valence-corrected chi connectivity index (χ3v) is 3.57. The van der Waals surface area contributed by atoms with Crippen LogP contribution in [0.25, 0.3) is 0 Å². The molecule has 0 aliphatic rings. The predicted molar refractivity (Wildman–Crippen MR) is 85.8 cm³/mol. The summed E-state index contributed by atoms with van der Waals surface area (Å²) in [4.78, 5) is 33.2. The second-order valence-corrected chi connectivity index (χ2v) is 5.59. The molecule has 0 aliphatic heterocycles. The number of nitrogens with zero attached hydrogens (tertiary/aromatic N) is 3. The van der Waals surface area contributed by atoms with Gasteiger partial charge < -0.3 is 10.2 Å². The number of nitrogens with one attached hydrogen (secondary N) is 1. The molecule has 1 heterocycles. The Balaban J connectivity index is 1.88. The summed E-state index contributed by atoms with van der Waals surface area (Å²) in [6.07, 6.45) is 3.27. The Morgan fingerprint density at radius 3 is 2.36 bits per heavy atom. The average Bonchev–Trinajstić information content (AvgIpc) is 2.54. The molecule has 2 amide bonds. The molecular formula is C15H16N4O2S. The van der Waals surface area contributed by atoms with E-state index in [0.717, 1.165) is 0 Å². The van der Waals surface area contributed by atoms with Crippen LogP contribution in [0.4, 0.5) is 5.69 Å². The van der Waals surface area contributed by atoms with Crippen LogP contribution in [0.15, 0.2) is 47.9 Å². The number of rotatable bonds is 5. The Morgan fingerprint density at radius 1 is 1.14 bits per heavy atom. The molecule has 0 saturated heterocycles. The van der Waals surface area contributed by atoms with Gasteiger partial charge in [0.2, 0.25) is 5.91 Å². The number of amides is 2. The van der Waals surface area contributed by atoms with E-state index in [2.05, 4.69) is 15.3 Å². The van der Waals surface area contributed by atoms with E-state index >= 15 is 0 Å². The van der Waals surface area contributed by atoms with E-state index in [0.29, 0.717) is 16.4 Å². The van der Waals surface area contributed by atoms with Gasteiger partial charge in [0.1, 0.15) is 0 Å². The first kappa shape index (κ1) is 16.0. The number of carbonyl (C=O) groups is 2. The van der Waals surface area contributed by atoms with Crippen LogP contribution < -0.4 is 5.32 Å². The van der Waals surface area contributed by atoms with Crippen LogP contribution in [0.2, 0.25) is 0 Å². The van der Waals surface area contributed by atoms with Gasteiger partial charge in [-0.2, -0.15) is 0 Å². The van der Waals surface area contributed by atoms with Gasteiger partial charge in [-0.15, -0.1) is 0 Å². The van der Waals surface area contributed by atoms with Gasteiger partial charge in [-0.1, -0.05) is 11.8 Å². The molecule has 0 atom stereocenters. The minimum absolute atomic E-state index is 0.0744. The van der Waals surface area contributed by atoms with Crippen molar-refractivity contribution in [3.8, 4) is 0 Å². The zero-order valence-corrected chi connectivity index (χ0v) is 13.1. The van der Waals surface area contributed by atoms with E-state index in [1.807, 2.05) is 0 Å². The minimum atomic E-state index is -0.149. The number of benzene rings is 1. The quantitative estimate of drug-likeness (QED) is 0.673. The van der Waals surface area contributed by atoms with E-state index < -0.39 is 0 Å². The molecule has 6 nitrogen and oxygen atoms in total. The zero-order valence-electron chi connectivity index (χ0n) is 12.3. The number of carbonyl (C=O) groups excluding carboxylic acids is 2. The normalized spacial score (nSPS) is 10.1. The van der Waals surface area contributed by atoms with Gasteiger partial charge in [0.05, 0.1) is 5.75 Å². The first-order chi connectivity index (χ1) is 10.6. The SMILES string of the molecule is CN(C)C(=O)c1ccc(NC(=O)CSc2ncccn2)cc1. The van der Waals surface area contributed by atoms with Crippen LogP contribution in [0.3, 0.4) is 0 Å². The van der Waals surface area contributed by atoms with Crippen molar-refractivity contribution >= 4 is 29.3 Å². The number of hydrogen-bond acceptors (Lipinski definition) is 5. The average molecular weight is 316 g/mol. The third kappa shape index (κ3) is 4.56. The van der Waals surface area contributed by atoms with Crippen molar-refractivity contribution in [2.45, 2.75) is 5.16 Å². The molecule has 22 heavy (non-hydrogen) atoms. The monoisotopic (exact) mass is 316 g/mol. The second-order valence-electron chi connectivity index (χ2n) is 4.65. The number of anilines is 1. The molecule has 0 fully saturated rings. The molecule has 0 saturated carbocycles. The van der Waals surface area contributed by atoms with Gasteiger partial charge in [0, 0.05) is 37.7 Å². The molecular weight excluding hydrogens is 300 g/mol. The summed E-state index contributed by atoms with van der Waals surface area (Å²) >= 11 is 1.26. The van der Waals surface area contributed by atoms with Gasteiger partial charge in [-0.05, 0) is 30.3 Å². The van der Waals surface area contributed by atoms with Crippen LogP contribution in [0.5, 0.6) is 0 Å². The molecule has 1 N–H and O–H groups in total. The summed E-state index contributed by atoms with van der Waals surface area (Å²) in [5.74, 6) is 0.00126. The standard InChI is InChI=1S/C15H16N4O2S/c1-19(2)14(21)11-4-6-12(7-5-11)18-13(20)10-22-15-16-8-3-9-17-15/h3-9H,10H2,1-2H3,(H,18,20). The summed E-state index contributed by atoms with van der Waals surface area (Å²) in [6.45, 7) is 0. The number of hydrogen-bond donors (Lipinski definition) is 1. The summed E-state index contributed by atoms with van der Waals surface area (Å²) in [7, 11) is 3.39. The summed E-state index contributed by atoms with van der Waals surface area (Å²) in [5, 5.41) is 3.33. The van der Waals surface area contributed by atoms with Crippen LogP contribution in [0.1, 0.15) is 10.4 Å². The fourth-order valence-corrected chi connectivity index (χ4v) is 2.24. The maximum atomic E-state index is 11.9. The maximum Gasteiger partial charge on any atom is 0.253 e. The highest BCUT2D eigenvalue weighted by molar-refractivity contribution is 7.99. The molecule has 1 aromatic heterocycles. The Labute approximate surface area is 133 Å². The molecule has 2 aromatic rings. The molecule has 0 radical (unpaired) electrons. The van der Waals surface area contributed by atoms with Crippen molar-refractivity contribution in [2.75, 3.05) is 25.2 Å². The van der Waals surface area contributed by atoms with Crippen molar-refractivity contribution in [2.24, 2.45) is 0 Å². The Morgan fingerprint density at radius 2 is 1.77 bits per heavy atom. The number of aromatic nitrogens is 2. The Hall–Kier alpha value is -2.41. The smallest absolute Gasteiger partial charge is 0.253 e. The van der Waals surface area contributed by atoms with E-state index in [4.69, 9.17) is 0 Å². The first-order valence-corrected chi connectivity index (χ1v) is 7.56. The Kier molecular flexibility index (Phi) is 5.48. The lowest BCUT2D eigenvalue weighted by atomic mass is 10.2. The fourth-order valence-electron chi connectivity index (χ4n) is 1.64. The molecule has 1 aromatic carbocycles. The van der Waals surface area contributed by atoms with Crippen molar-refractivity contribution in [1.82, 2.24) is 14.9 Å². The van der Waals surface area contributed by atoms with Crippen molar-refractivity contribution in [1.29, 1.82) is 0 Å². The highest BCUT2D eigenvalue weighted by atomic mass is 32.2. The van der Waals surface area contributed by atoms with Crippen molar-refractivity contribution in [3.05, 3.63) is 48.3 Å². The number of thioether (sulfide) groups is 1. The molecule has 0 aliphatic carbocycles. The summed E-state index contributed by atoms with van der Waals surface area (Å²) in [6, 6.07) is 8.51. The second kappa shape index (κ2) is 7.56. The van der Waals surface area contributed by atoms with Gasteiger partial charge in [0.25, 0.3) is 5.91 Å². The van der Waals surface area contributed by atoms with Gasteiger partial charge >= 0.3 is 0 Å². The molecule has 2 rings (SSSR count). The van der Waals surface area contributed by atoms with Crippen LogP contribution >= 0.6 is 11.8 Å². The third-order valence-electron chi connectivity index (χ3n) is 2.70. The summed E-state index contributed by atoms with van der Waals surface area (Å²) < 4.78 is 0. The maximum absolute atomic E-state index is 11.9. The zero-order chi connectivity index (χ0) is 15.9. The largest absolute Gasteiger partial charge is 0.345 e. The van der Waals surface area contributed by atoms with Gasteiger partial charge in [-0.3, -0.25) is 9.59 Å². The van der Waals surface area contributed by atoms with E-state index in [1.165, 1.54) is 16.7 Å². The van der Waals surface area contributed by atoms with E-state index in [-0.39, 0.29) is 17.6 Å². The lowest BCUT2D eigenvalue weighted by molar-refractivity contribution is -0.113. The highest BCUT2D eigenvalue weighted by Gasteiger charge is 2.09. The van der Waals surface area contributed by atoms with E-state index in [1.54, 1.807) is 56.8 Å². The fraction of sp³-hybridized carbons (Fsp3) is 0.200.